The number of halogens is 3. The maximum atomic E-state index is 13.1. The highest BCUT2D eigenvalue weighted by Crippen LogP contribution is 2.34. The Morgan fingerprint density at radius 1 is 1.16 bits per heavy atom. The number of benzene rings is 2. The molecule has 3 rings (SSSR count). The molecule has 1 saturated heterocycles. The summed E-state index contributed by atoms with van der Waals surface area (Å²) in [7, 11) is 0. The molecule has 0 aliphatic carbocycles. The van der Waals surface area contributed by atoms with Gasteiger partial charge in [0.1, 0.15) is 0 Å². The van der Waals surface area contributed by atoms with Gasteiger partial charge in [0.25, 0.3) is 5.91 Å². The van der Waals surface area contributed by atoms with Crippen molar-refractivity contribution in [2.24, 2.45) is 5.92 Å². The van der Waals surface area contributed by atoms with Crippen molar-refractivity contribution in [2.75, 3.05) is 23.0 Å². The number of hydrogen-bond acceptors (Lipinski definition) is 5. The van der Waals surface area contributed by atoms with Crippen LogP contribution in [-0.2, 0) is 25.3 Å². The first-order valence-electron chi connectivity index (χ1n) is 9.72. The molecule has 1 fully saturated rings. The second-order valence-corrected chi connectivity index (χ2v) is 8.09. The van der Waals surface area contributed by atoms with Gasteiger partial charge >= 0.3 is 12.1 Å². The molecule has 0 bridgehead atoms. The van der Waals surface area contributed by atoms with E-state index in [0.29, 0.717) is 5.69 Å². The molecule has 6 nitrogen and oxygen atoms in total. The van der Waals surface area contributed by atoms with Gasteiger partial charge in [-0.15, -0.1) is 11.8 Å². The lowest BCUT2D eigenvalue weighted by molar-refractivity contribution is -0.157. The Labute approximate surface area is 187 Å². The quantitative estimate of drug-likeness (QED) is 0.506. The van der Waals surface area contributed by atoms with Crippen LogP contribution in [0.1, 0.15) is 18.9 Å². The molecule has 0 spiro atoms. The SMILES string of the molecule is CSc1ccc(N2CC(C(=O)OC(C)C(=O)Nc3ccccc3C(F)(F)F)CC2=O)cc1. The predicted molar refractivity (Wildman–Crippen MR) is 114 cm³/mol. The van der Waals surface area contributed by atoms with Crippen molar-refractivity contribution >= 4 is 40.9 Å². The topological polar surface area (TPSA) is 75.7 Å². The van der Waals surface area contributed by atoms with E-state index in [0.717, 1.165) is 17.0 Å². The Kier molecular flexibility index (Phi) is 7.12. The van der Waals surface area contributed by atoms with E-state index in [9.17, 15) is 27.6 Å². The van der Waals surface area contributed by atoms with Crippen molar-refractivity contribution in [3.05, 3.63) is 54.1 Å². The summed E-state index contributed by atoms with van der Waals surface area (Å²) in [6, 6.07) is 11.8. The van der Waals surface area contributed by atoms with Gasteiger partial charge in [0.15, 0.2) is 6.10 Å². The summed E-state index contributed by atoms with van der Waals surface area (Å²) < 4.78 is 44.4. The molecule has 0 saturated carbocycles. The van der Waals surface area contributed by atoms with Crippen LogP contribution in [0.25, 0.3) is 0 Å². The third kappa shape index (κ3) is 5.42. The van der Waals surface area contributed by atoms with Crippen LogP contribution in [0.5, 0.6) is 0 Å². The molecule has 2 amide bonds. The van der Waals surface area contributed by atoms with Crippen LogP contribution in [0, 0.1) is 5.92 Å². The van der Waals surface area contributed by atoms with Gasteiger partial charge in [-0.25, -0.2) is 0 Å². The lowest BCUT2D eigenvalue weighted by Gasteiger charge is -2.19. The van der Waals surface area contributed by atoms with Crippen molar-refractivity contribution < 1.29 is 32.3 Å². The smallest absolute Gasteiger partial charge is 0.418 e. The number of para-hydroxylation sites is 1. The molecule has 2 atom stereocenters. The Morgan fingerprint density at radius 2 is 1.81 bits per heavy atom. The van der Waals surface area contributed by atoms with E-state index in [1.807, 2.05) is 18.4 Å². The van der Waals surface area contributed by atoms with E-state index in [1.54, 1.807) is 23.9 Å². The van der Waals surface area contributed by atoms with Crippen molar-refractivity contribution in [1.82, 2.24) is 0 Å². The fraction of sp³-hybridized carbons (Fsp3) is 0.318. The number of ether oxygens (including phenoxy) is 1. The van der Waals surface area contributed by atoms with Crippen molar-refractivity contribution in [3.8, 4) is 0 Å². The molecule has 1 aliphatic heterocycles. The number of esters is 1. The zero-order valence-corrected chi connectivity index (χ0v) is 18.1. The van der Waals surface area contributed by atoms with Gasteiger partial charge in [-0.2, -0.15) is 13.2 Å². The van der Waals surface area contributed by atoms with E-state index in [-0.39, 0.29) is 18.9 Å². The second kappa shape index (κ2) is 9.64. The molecule has 32 heavy (non-hydrogen) atoms. The number of carbonyl (C=O) groups excluding carboxylic acids is 3. The Bertz CT molecular complexity index is 1010. The van der Waals surface area contributed by atoms with E-state index in [1.165, 1.54) is 24.0 Å². The average molecular weight is 466 g/mol. The number of nitrogens with one attached hydrogen (secondary N) is 1. The van der Waals surface area contributed by atoms with Crippen LogP contribution in [0.3, 0.4) is 0 Å². The zero-order valence-electron chi connectivity index (χ0n) is 17.3. The highest BCUT2D eigenvalue weighted by molar-refractivity contribution is 7.98. The lowest BCUT2D eigenvalue weighted by Crippen LogP contribution is -2.33. The zero-order chi connectivity index (χ0) is 23.5. The fourth-order valence-corrected chi connectivity index (χ4v) is 3.68. The number of amides is 2. The van der Waals surface area contributed by atoms with Crippen molar-refractivity contribution in [1.29, 1.82) is 0 Å². The number of rotatable bonds is 6. The normalized spacial score (nSPS) is 17.2. The van der Waals surface area contributed by atoms with Crippen LogP contribution in [-0.4, -0.2) is 36.7 Å². The highest BCUT2D eigenvalue weighted by atomic mass is 32.2. The maximum absolute atomic E-state index is 13.1. The van der Waals surface area contributed by atoms with Gasteiger partial charge in [0, 0.05) is 23.5 Å². The van der Waals surface area contributed by atoms with Crippen molar-refractivity contribution in [3.63, 3.8) is 0 Å². The Balaban J connectivity index is 1.61. The Morgan fingerprint density at radius 3 is 2.44 bits per heavy atom. The summed E-state index contributed by atoms with van der Waals surface area (Å²) in [6.45, 7) is 1.36. The number of nitrogens with zero attached hydrogens (tertiary/aromatic N) is 1. The minimum absolute atomic E-state index is 0.0750. The maximum Gasteiger partial charge on any atom is 0.418 e. The molecule has 2 aromatic rings. The molecule has 2 unspecified atom stereocenters. The summed E-state index contributed by atoms with van der Waals surface area (Å²) in [5.41, 5.74) is -0.780. The summed E-state index contributed by atoms with van der Waals surface area (Å²) in [4.78, 5) is 39.7. The minimum Gasteiger partial charge on any atom is -0.452 e. The highest BCUT2D eigenvalue weighted by Gasteiger charge is 2.38. The molecule has 2 aromatic carbocycles. The van der Waals surface area contributed by atoms with Crippen LogP contribution in [0.4, 0.5) is 24.5 Å². The number of carbonyl (C=O) groups is 3. The third-order valence-electron chi connectivity index (χ3n) is 4.99. The number of anilines is 2. The molecule has 0 radical (unpaired) electrons. The molecule has 170 valence electrons. The van der Waals surface area contributed by atoms with E-state index >= 15 is 0 Å². The molecule has 10 heteroatoms. The average Bonchev–Trinajstić information content (AvgIpc) is 3.15. The second-order valence-electron chi connectivity index (χ2n) is 7.22. The van der Waals surface area contributed by atoms with Gasteiger partial charge in [-0.1, -0.05) is 12.1 Å². The van der Waals surface area contributed by atoms with Gasteiger partial charge in [-0.05, 0) is 49.6 Å². The molecule has 1 heterocycles. The van der Waals surface area contributed by atoms with Crippen LogP contribution >= 0.6 is 11.8 Å². The molecule has 0 aromatic heterocycles. The van der Waals surface area contributed by atoms with E-state index in [2.05, 4.69) is 5.32 Å². The first-order valence-corrected chi connectivity index (χ1v) is 10.9. The van der Waals surface area contributed by atoms with Crippen LogP contribution in [0.2, 0.25) is 0 Å². The number of alkyl halides is 3. The summed E-state index contributed by atoms with van der Waals surface area (Å²) in [5, 5.41) is 2.15. The first-order chi connectivity index (χ1) is 15.1. The van der Waals surface area contributed by atoms with Gasteiger partial charge in [0.2, 0.25) is 5.91 Å². The van der Waals surface area contributed by atoms with Gasteiger partial charge < -0.3 is 15.0 Å². The number of thioether (sulfide) groups is 1. The fourth-order valence-electron chi connectivity index (χ4n) is 3.27. The minimum atomic E-state index is -4.65. The monoisotopic (exact) mass is 466 g/mol. The van der Waals surface area contributed by atoms with Crippen LogP contribution < -0.4 is 10.2 Å². The van der Waals surface area contributed by atoms with E-state index in [4.69, 9.17) is 4.74 Å². The number of hydrogen-bond donors (Lipinski definition) is 1. The molecular weight excluding hydrogens is 445 g/mol. The van der Waals surface area contributed by atoms with Gasteiger partial charge in [0.05, 0.1) is 17.2 Å². The van der Waals surface area contributed by atoms with Gasteiger partial charge in [-0.3, -0.25) is 14.4 Å². The molecule has 1 N–H and O–H groups in total. The van der Waals surface area contributed by atoms with Crippen molar-refractivity contribution in [2.45, 2.75) is 30.5 Å². The Hall–Kier alpha value is -3.01. The largest absolute Gasteiger partial charge is 0.452 e. The third-order valence-corrected chi connectivity index (χ3v) is 5.74. The predicted octanol–water partition coefficient (Wildman–Crippen LogP) is 4.35. The molecular formula is C22H21F3N2O4S. The standard InChI is InChI=1S/C22H21F3N2O4S/c1-13(20(29)26-18-6-4-3-5-17(18)22(23,24)25)31-21(30)14-11-19(28)27(12-14)15-7-9-16(32-2)10-8-15/h3-10,13-14H,11-12H2,1-2H3,(H,26,29). The first kappa shape index (κ1) is 23.6. The summed E-state index contributed by atoms with van der Waals surface area (Å²) in [6.07, 6.45) is -4.13. The summed E-state index contributed by atoms with van der Waals surface area (Å²) >= 11 is 1.56. The molecule has 1 aliphatic rings. The van der Waals surface area contributed by atoms with E-state index < -0.39 is 41.3 Å². The van der Waals surface area contributed by atoms with Crippen LogP contribution in [0.15, 0.2) is 53.4 Å². The summed E-state index contributed by atoms with van der Waals surface area (Å²) in [5.74, 6) is -2.68. The lowest BCUT2D eigenvalue weighted by atomic mass is 10.1.